The number of nitrogens with zero attached hydrogens (tertiary/aromatic N) is 6. The van der Waals surface area contributed by atoms with Crippen LogP contribution in [0.3, 0.4) is 0 Å². The lowest BCUT2D eigenvalue weighted by molar-refractivity contribution is 0.662. The highest BCUT2D eigenvalue weighted by molar-refractivity contribution is 6.22. The van der Waals surface area contributed by atoms with Crippen molar-refractivity contribution >= 4 is 83.5 Å². The van der Waals surface area contributed by atoms with Crippen LogP contribution in [0.15, 0.2) is 130 Å². The normalized spacial score (nSPS) is 17.3. The van der Waals surface area contributed by atoms with E-state index in [9.17, 15) is 0 Å². The Morgan fingerprint density at radius 1 is 0.674 bits per heavy atom. The molecule has 0 saturated carbocycles. The number of aromatic nitrogens is 4. The molecule has 0 aliphatic carbocycles. The van der Waals surface area contributed by atoms with E-state index in [2.05, 4.69) is 68.0 Å². The first kappa shape index (κ1) is 24.1. The molecule has 2 aliphatic rings. The van der Waals surface area contributed by atoms with E-state index in [-0.39, 0.29) is 12.0 Å². The highest BCUT2D eigenvalue weighted by atomic mass is 16.3. The summed E-state index contributed by atoms with van der Waals surface area (Å²) in [5.41, 5.74) is 8.37. The molecule has 46 heavy (non-hydrogen) atoms. The van der Waals surface area contributed by atoms with Crippen LogP contribution in [0.5, 0.6) is 0 Å². The number of hydrogen-bond acceptors (Lipinski definition) is 7. The minimum absolute atomic E-state index is 0.0562. The molecule has 8 nitrogen and oxygen atoms in total. The van der Waals surface area contributed by atoms with Crippen LogP contribution < -0.4 is 4.90 Å². The first-order valence-corrected chi connectivity index (χ1v) is 15.3. The maximum atomic E-state index is 6.63. The lowest BCUT2D eigenvalue weighted by atomic mass is 9.95. The fourth-order valence-corrected chi connectivity index (χ4v) is 7.62. The minimum atomic E-state index is 0.0562. The number of furan rings is 2. The molecule has 216 valence electrons. The summed E-state index contributed by atoms with van der Waals surface area (Å²) in [6.07, 6.45) is 13.5. The number of fused-ring (bicyclic) bond motifs is 13. The lowest BCUT2D eigenvalue weighted by Gasteiger charge is -2.27. The van der Waals surface area contributed by atoms with Gasteiger partial charge >= 0.3 is 0 Å². The summed E-state index contributed by atoms with van der Waals surface area (Å²) in [5, 5.41) is 6.23. The predicted molar refractivity (Wildman–Crippen MR) is 181 cm³/mol. The number of hydrogen-bond donors (Lipinski definition) is 0. The zero-order valence-corrected chi connectivity index (χ0v) is 24.2. The molecule has 0 spiro atoms. The molecular formula is C38H22N6O2. The first-order valence-electron chi connectivity index (χ1n) is 15.3. The van der Waals surface area contributed by atoms with Crippen molar-refractivity contribution in [1.29, 1.82) is 0 Å². The first-order chi connectivity index (χ1) is 22.8. The molecule has 2 aliphatic heterocycles. The van der Waals surface area contributed by atoms with Gasteiger partial charge in [0, 0.05) is 80.8 Å². The summed E-state index contributed by atoms with van der Waals surface area (Å²) >= 11 is 0. The van der Waals surface area contributed by atoms with Crippen molar-refractivity contribution in [3.63, 3.8) is 0 Å². The van der Waals surface area contributed by atoms with Crippen molar-refractivity contribution in [2.24, 2.45) is 4.99 Å². The molecule has 11 rings (SSSR count). The second-order valence-corrected chi connectivity index (χ2v) is 11.9. The fraction of sp³-hybridized carbons (Fsp3) is 0.0526. The van der Waals surface area contributed by atoms with Crippen molar-refractivity contribution < 1.29 is 8.83 Å². The van der Waals surface area contributed by atoms with E-state index < -0.39 is 0 Å². The largest absolute Gasteiger partial charge is 0.456 e. The van der Waals surface area contributed by atoms with Gasteiger partial charge in [0.15, 0.2) is 0 Å². The molecule has 9 aromatic rings. The van der Waals surface area contributed by atoms with Gasteiger partial charge in [0.1, 0.15) is 33.8 Å². The van der Waals surface area contributed by atoms with Crippen molar-refractivity contribution in [2.45, 2.75) is 12.0 Å². The second-order valence-electron chi connectivity index (χ2n) is 11.9. The minimum Gasteiger partial charge on any atom is -0.456 e. The van der Waals surface area contributed by atoms with E-state index in [4.69, 9.17) is 18.8 Å². The number of benzene rings is 3. The standard InChI is InChI=1S/C38H22N6O2/c1-3-26-23-11-15-39-19-30(23)43(37(26)41-13-1)21-5-8-32-28(17-21)25-7-10-34-35(36(25)46-32)29-18-22(6-9-33(29)45-34)44-31-20-40-16-12-24(31)27-4-2-14-42-38(27)44/h1-20,24,31H. The van der Waals surface area contributed by atoms with Crippen molar-refractivity contribution in [3.8, 4) is 5.69 Å². The van der Waals surface area contributed by atoms with E-state index >= 15 is 0 Å². The van der Waals surface area contributed by atoms with Gasteiger partial charge in [-0.15, -0.1) is 0 Å². The summed E-state index contributed by atoms with van der Waals surface area (Å²) in [6.45, 7) is 0. The molecule has 0 saturated heterocycles. The Morgan fingerprint density at radius 3 is 2.50 bits per heavy atom. The summed E-state index contributed by atoms with van der Waals surface area (Å²) < 4.78 is 15.2. The monoisotopic (exact) mass is 594 g/mol. The highest BCUT2D eigenvalue weighted by Gasteiger charge is 2.39. The third-order valence-corrected chi connectivity index (χ3v) is 9.59. The molecule has 0 fully saturated rings. The summed E-state index contributed by atoms with van der Waals surface area (Å²) in [7, 11) is 0. The quantitative estimate of drug-likeness (QED) is 0.199. The van der Waals surface area contributed by atoms with Crippen LogP contribution in [0, 0.1) is 0 Å². The molecule has 8 heterocycles. The molecule has 0 bridgehead atoms. The van der Waals surface area contributed by atoms with E-state index in [1.165, 1.54) is 5.56 Å². The number of aliphatic imine (C=N–C) groups is 1. The average Bonchev–Trinajstić information content (AvgIpc) is 3.85. The summed E-state index contributed by atoms with van der Waals surface area (Å²) in [5.74, 6) is 1.16. The van der Waals surface area contributed by atoms with Crippen molar-refractivity contribution in [1.82, 2.24) is 19.5 Å². The highest BCUT2D eigenvalue weighted by Crippen LogP contribution is 2.47. The molecule has 3 aromatic carbocycles. The van der Waals surface area contributed by atoms with Gasteiger partial charge in [0.2, 0.25) is 0 Å². The van der Waals surface area contributed by atoms with Crippen molar-refractivity contribution in [2.75, 3.05) is 4.90 Å². The van der Waals surface area contributed by atoms with Gasteiger partial charge in [-0.3, -0.25) is 14.5 Å². The van der Waals surface area contributed by atoms with Gasteiger partial charge in [-0.2, -0.15) is 0 Å². The zero-order valence-electron chi connectivity index (χ0n) is 24.2. The fourth-order valence-electron chi connectivity index (χ4n) is 7.62. The SMILES string of the molecule is C1=CC2c3cccnc3N(c3ccc4oc5ccc6c7cc(-n8c9cnccc9c9cccnc98)ccc7oc6c5c4c3)C2C=N1. The Morgan fingerprint density at radius 2 is 1.52 bits per heavy atom. The lowest BCUT2D eigenvalue weighted by Crippen LogP contribution is -2.32. The Balaban J connectivity index is 1.13. The predicted octanol–water partition coefficient (Wildman–Crippen LogP) is 8.97. The van der Waals surface area contributed by atoms with Crippen molar-refractivity contribution in [3.05, 3.63) is 121 Å². The maximum Gasteiger partial charge on any atom is 0.147 e. The van der Waals surface area contributed by atoms with Crippen LogP contribution in [-0.2, 0) is 0 Å². The van der Waals surface area contributed by atoms with Crippen LogP contribution in [0.1, 0.15) is 11.5 Å². The Labute approximate surface area is 260 Å². The van der Waals surface area contributed by atoms with E-state index in [1.807, 2.05) is 73.6 Å². The molecule has 2 unspecified atom stereocenters. The van der Waals surface area contributed by atoms with E-state index in [0.29, 0.717) is 0 Å². The van der Waals surface area contributed by atoms with Gasteiger partial charge < -0.3 is 13.7 Å². The van der Waals surface area contributed by atoms with Gasteiger partial charge in [-0.05, 0) is 72.8 Å². The average molecular weight is 595 g/mol. The molecular weight excluding hydrogens is 572 g/mol. The van der Waals surface area contributed by atoms with Crippen LogP contribution >= 0.6 is 0 Å². The Bertz CT molecular complexity index is 2750. The Kier molecular flexibility index (Phi) is 4.54. The smallest absolute Gasteiger partial charge is 0.147 e. The van der Waals surface area contributed by atoms with Gasteiger partial charge in [-0.1, -0.05) is 12.1 Å². The molecule has 0 radical (unpaired) electrons. The topological polar surface area (TPSA) is 85.5 Å². The summed E-state index contributed by atoms with van der Waals surface area (Å²) in [4.78, 5) is 20.7. The maximum absolute atomic E-state index is 6.63. The number of rotatable bonds is 2. The number of pyridine rings is 3. The third-order valence-electron chi connectivity index (χ3n) is 9.59. The van der Waals surface area contributed by atoms with Crippen LogP contribution in [-0.4, -0.2) is 31.8 Å². The van der Waals surface area contributed by atoms with E-state index in [1.54, 1.807) is 0 Å². The van der Waals surface area contributed by atoms with Crippen LogP contribution in [0.4, 0.5) is 11.5 Å². The molecule has 8 heteroatoms. The zero-order chi connectivity index (χ0) is 29.9. The van der Waals surface area contributed by atoms with Crippen LogP contribution in [0.25, 0.3) is 71.5 Å². The Hall–Kier alpha value is -6.28. The molecule has 6 aromatic heterocycles. The summed E-state index contributed by atoms with van der Waals surface area (Å²) in [6, 6.07) is 27.2. The number of anilines is 2. The second kappa shape index (κ2) is 8.67. The molecule has 0 N–H and O–H groups in total. The molecule has 2 atom stereocenters. The third kappa shape index (κ3) is 3.07. The van der Waals surface area contributed by atoms with Gasteiger partial charge in [0.05, 0.1) is 23.1 Å². The van der Waals surface area contributed by atoms with E-state index in [0.717, 1.165) is 83.0 Å². The van der Waals surface area contributed by atoms with Crippen LogP contribution in [0.2, 0.25) is 0 Å². The molecule has 0 amide bonds. The van der Waals surface area contributed by atoms with Gasteiger partial charge in [0.25, 0.3) is 0 Å². The van der Waals surface area contributed by atoms with Gasteiger partial charge in [-0.25, -0.2) is 9.97 Å².